The van der Waals surface area contributed by atoms with Crippen LogP contribution in [0.4, 0.5) is 24.8 Å². The van der Waals surface area contributed by atoms with Crippen LogP contribution in [0.15, 0.2) is 78.0 Å². The molecule has 0 aliphatic rings. The minimum absolute atomic E-state index is 0.00169. The van der Waals surface area contributed by atoms with Crippen LogP contribution in [0.2, 0.25) is 0 Å². The molecule has 9 nitrogen and oxygen atoms in total. The maximum atomic E-state index is 13.3. The van der Waals surface area contributed by atoms with E-state index in [0.29, 0.717) is 22.4 Å². The number of aromatic nitrogens is 4. The molecule has 0 aliphatic carbocycles. The topological polar surface area (TPSA) is 116 Å². The van der Waals surface area contributed by atoms with E-state index in [4.69, 9.17) is 4.74 Å². The zero-order chi connectivity index (χ0) is 28.2. The van der Waals surface area contributed by atoms with Crippen LogP contribution in [0.5, 0.6) is 0 Å². The number of hydrogen-bond acceptors (Lipinski definition) is 8. The van der Waals surface area contributed by atoms with Gasteiger partial charge in [0.1, 0.15) is 0 Å². The molecule has 0 spiro atoms. The van der Waals surface area contributed by atoms with Crippen LogP contribution in [-0.2, 0) is 25.5 Å². The lowest BCUT2D eigenvalue weighted by Crippen LogP contribution is -2.10. The second kappa shape index (κ2) is 11.1. The molecule has 0 radical (unpaired) electrons. The minimum Gasteiger partial charge on any atom is -0.463 e. The van der Waals surface area contributed by atoms with Crippen molar-refractivity contribution in [2.75, 3.05) is 18.2 Å². The van der Waals surface area contributed by atoms with Gasteiger partial charge < -0.3 is 10.1 Å². The Morgan fingerprint density at radius 1 is 1.13 bits per heavy atom. The Bertz CT molecular complexity index is 1650. The summed E-state index contributed by atoms with van der Waals surface area (Å²) in [7, 11) is -3.48. The molecule has 2 heterocycles. The van der Waals surface area contributed by atoms with Gasteiger partial charge in [-0.15, -0.1) is 0 Å². The largest absolute Gasteiger partial charge is 0.463 e. The van der Waals surface area contributed by atoms with E-state index in [2.05, 4.69) is 20.4 Å². The van der Waals surface area contributed by atoms with E-state index >= 15 is 0 Å². The third-order valence-corrected chi connectivity index (χ3v) is 6.39. The number of sulfone groups is 1. The predicted octanol–water partition coefficient (Wildman–Crippen LogP) is 5.07. The summed E-state index contributed by atoms with van der Waals surface area (Å²) >= 11 is 0. The molecule has 39 heavy (non-hydrogen) atoms. The summed E-state index contributed by atoms with van der Waals surface area (Å²) in [4.78, 5) is 20.4. The van der Waals surface area contributed by atoms with Crippen LogP contribution in [0.1, 0.15) is 18.2 Å². The molecule has 1 N–H and O–H groups in total. The Morgan fingerprint density at radius 3 is 2.59 bits per heavy atom. The molecule has 13 heteroatoms. The van der Waals surface area contributed by atoms with Gasteiger partial charge in [0.15, 0.2) is 21.3 Å². The molecule has 4 aromatic rings. The zero-order valence-electron chi connectivity index (χ0n) is 20.7. The molecule has 0 saturated carbocycles. The van der Waals surface area contributed by atoms with E-state index in [0.717, 1.165) is 23.2 Å². The summed E-state index contributed by atoms with van der Waals surface area (Å²) in [5, 5.41) is 6.54. The second-order valence-electron chi connectivity index (χ2n) is 8.21. The fourth-order valence-corrected chi connectivity index (χ4v) is 4.17. The van der Waals surface area contributed by atoms with Crippen LogP contribution in [0.25, 0.3) is 23.0 Å². The van der Waals surface area contributed by atoms with Crippen molar-refractivity contribution in [2.45, 2.75) is 18.0 Å². The van der Waals surface area contributed by atoms with E-state index in [1.807, 2.05) is 0 Å². The molecule has 0 fully saturated rings. The molecular formula is C26H22F3N5O4S. The molecule has 0 aliphatic heterocycles. The standard InChI is InChI=1S/C26H22F3N5O4S/c1-3-38-23(35)11-10-17-6-4-7-18(14-17)21-16-30-25(31-19-8-5-9-20(15-19)39(2,36)37)32-24(21)34-13-12-22(33-34)26(27,28)29/h4-16H,3H2,1-2H3,(H,30,31,32)/b11-10+. The summed E-state index contributed by atoms with van der Waals surface area (Å²) in [6.45, 7) is 1.92. The van der Waals surface area contributed by atoms with Gasteiger partial charge in [-0.1, -0.05) is 24.3 Å². The molecule has 0 bridgehead atoms. The van der Waals surface area contributed by atoms with Gasteiger partial charge >= 0.3 is 12.1 Å². The number of carbonyl (C=O) groups excluding carboxylic acids is 1. The van der Waals surface area contributed by atoms with Gasteiger partial charge in [0.25, 0.3) is 0 Å². The fourth-order valence-electron chi connectivity index (χ4n) is 3.50. The highest BCUT2D eigenvalue weighted by atomic mass is 32.2. The number of carbonyl (C=O) groups is 1. The van der Waals surface area contributed by atoms with Crippen molar-refractivity contribution in [1.29, 1.82) is 0 Å². The monoisotopic (exact) mass is 557 g/mol. The average Bonchev–Trinajstić information content (AvgIpc) is 3.39. The first-order valence-electron chi connectivity index (χ1n) is 11.5. The Labute approximate surface area is 221 Å². The summed E-state index contributed by atoms with van der Waals surface area (Å²) < 4.78 is 69.5. The first kappa shape index (κ1) is 27.5. The first-order chi connectivity index (χ1) is 18.4. The summed E-state index contributed by atoms with van der Waals surface area (Å²) in [5.41, 5.74) is 0.787. The summed E-state index contributed by atoms with van der Waals surface area (Å²) in [5.74, 6) is -0.478. The highest BCUT2D eigenvalue weighted by Gasteiger charge is 2.34. The number of anilines is 2. The van der Waals surface area contributed by atoms with Crippen molar-refractivity contribution in [3.63, 3.8) is 0 Å². The zero-order valence-corrected chi connectivity index (χ0v) is 21.5. The fraction of sp³-hybridized carbons (Fsp3) is 0.154. The quantitative estimate of drug-likeness (QED) is 0.236. The van der Waals surface area contributed by atoms with E-state index in [9.17, 15) is 26.4 Å². The van der Waals surface area contributed by atoms with Gasteiger partial charge in [0, 0.05) is 36.0 Å². The number of alkyl halides is 3. The Kier molecular flexibility index (Phi) is 7.81. The lowest BCUT2D eigenvalue weighted by molar-refractivity contribution is -0.141. The van der Waals surface area contributed by atoms with Crippen LogP contribution in [-0.4, -0.2) is 47.0 Å². The van der Waals surface area contributed by atoms with Crippen molar-refractivity contribution in [3.05, 3.63) is 84.3 Å². The van der Waals surface area contributed by atoms with Crippen LogP contribution in [0.3, 0.4) is 0 Å². The number of esters is 1. The van der Waals surface area contributed by atoms with Crippen molar-refractivity contribution in [1.82, 2.24) is 19.7 Å². The third-order valence-electron chi connectivity index (χ3n) is 5.28. The van der Waals surface area contributed by atoms with Crippen LogP contribution in [0, 0.1) is 0 Å². The highest BCUT2D eigenvalue weighted by Crippen LogP contribution is 2.31. The molecular weight excluding hydrogens is 535 g/mol. The van der Waals surface area contributed by atoms with E-state index in [1.54, 1.807) is 43.3 Å². The molecule has 202 valence electrons. The first-order valence-corrected chi connectivity index (χ1v) is 13.4. The number of benzene rings is 2. The number of hydrogen-bond donors (Lipinski definition) is 1. The van der Waals surface area contributed by atoms with Crippen molar-refractivity contribution >= 4 is 33.5 Å². The number of nitrogens with one attached hydrogen (secondary N) is 1. The number of nitrogens with zero attached hydrogens (tertiary/aromatic N) is 4. The summed E-state index contributed by atoms with van der Waals surface area (Å²) in [6.07, 6.45) is 1.76. The number of halogens is 3. The molecule has 0 unspecified atom stereocenters. The Balaban J connectivity index is 1.77. The molecule has 4 rings (SSSR count). The lowest BCUT2D eigenvalue weighted by Gasteiger charge is -2.13. The lowest BCUT2D eigenvalue weighted by atomic mass is 10.0. The van der Waals surface area contributed by atoms with Gasteiger partial charge in [0.2, 0.25) is 5.95 Å². The van der Waals surface area contributed by atoms with Crippen LogP contribution >= 0.6 is 0 Å². The summed E-state index contributed by atoms with van der Waals surface area (Å²) in [6, 6.07) is 13.6. The second-order valence-corrected chi connectivity index (χ2v) is 10.2. The van der Waals surface area contributed by atoms with Crippen LogP contribution < -0.4 is 5.32 Å². The average molecular weight is 558 g/mol. The van der Waals surface area contributed by atoms with Gasteiger partial charge in [-0.25, -0.2) is 22.9 Å². The molecule has 0 amide bonds. The highest BCUT2D eigenvalue weighted by molar-refractivity contribution is 7.90. The van der Waals surface area contributed by atoms with Crippen molar-refractivity contribution in [2.24, 2.45) is 0 Å². The molecule has 0 atom stereocenters. The van der Waals surface area contributed by atoms with Gasteiger partial charge in [0.05, 0.1) is 11.5 Å². The van der Waals surface area contributed by atoms with E-state index in [1.165, 1.54) is 30.5 Å². The third kappa shape index (κ3) is 6.87. The maximum absolute atomic E-state index is 13.3. The van der Waals surface area contributed by atoms with Gasteiger partial charge in [-0.2, -0.15) is 23.3 Å². The minimum atomic E-state index is -4.66. The molecule has 2 aromatic carbocycles. The SMILES string of the molecule is CCOC(=O)/C=C/c1cccc(-c2cnc(Nc3cccc(S(C)(=O)=O)c3)nc2-n2ccc(C(F)(F)F)n2)c1. The van der Waals surface area contributed by atoms with Gasteiger partial charge in [-0.3, -0.25) is 0 Å². The Morgan fingerprint density at radius 2 is 1.90 bits per heavy atom. The Hall–Kier alpha value is -4.52. The van der Waals surface area contributed by atoms with Crippen molar-refractivity contribution in [3.8, 4) is 16.9 Å². The molecule has 2 aromatic heterocycles. The number of ether oxygens (including phenoxy) is 1. The normalized spacial score (nSPS) is 12.0. The smallest absolute Gasteiger partial charge is 0.435 e. The van der Waals surface area contributed by atoms with E-state index in [-0.39, 0.29) is 23.3 Å². The van der Waals surface area contributed by atoms with Crippen molar-refractivity contribution < 1.29 is 31.1 Å². The predicted molar refractivity (Wildman–Crippen MR) is 138 cm³/mol. The van der Waals surface area contributed by atoms with Gasteiger partial charge in [-0.05, 0) is 54.5 Å². The maximum Gasteiger partial charge on any atom is 0.435 e. The number of rotatable bonds is 8. The molecule has 0 saturated heterocycles. The van der Waals surface area contributed by atoms with E-state index < -0.39 is 27.7 Å².